The van der Waals surface area contributed by atoms with E-state index < -0.39 is 52.4 Å². The Morgan fingerprint density at radius 1 is 1.35 bits per heavy atom. The number of alkyl halides is 4. The van der Waals surface area contributed by atoms with Gasteiger partial charge in [-0.15, -0.1) is 0 Å². The van der Waals surface area contributed by atoms with Crippen molar-refractivity contribution in [3.8, 4) is 0 Å². The van der Waals surface area contributed by atoms with Crippen molar-refractivity contribution in [3.05, 3.63) is 0 Å². The van der Waals surface area contributed by atoms with Crippen molar-refractivity contribution in [2.24, 2.45) is 5.92 Å². The van der Waals surface area contributed by atoms with Crippen LogP contribution in [0.2, 0.25) is 0 Å². The molecule has 7 nitrogen and oxygen atoms in total. The fourth-order valence-corrected chi connectivity index (χ4v) is 2.65. The van der Waals surface area contributed by atoms with Gasteiger partial charge in [-0.2, -0.15) is 0 Å². The van der Waals surface area contributed by atoms with E-state index in [9.17, 15) is 23.9 Å². The lowest BCUT2D eigenvalue weighted by atomic mass is 9.97. The summed E-state index contributed by atoms with van der Waals surface area (Å²) in [6, 6.07) is -0.980. The molecule has 1 aliphatic rings. The second-order valence-corrected chi connectivity index (χ2v) is 8.72. The van der Waals surface area contributed by atoms with Crippen LogP contribution in [0.5, 0.6) is 0 Å². The number of carbonyl (C=O) groups is 3. The third kappa shape index (κ3) is 7.42. The maximum Gasteiger partial charge on any atom is 0.310 e. The van der Waals surface area contributed by atoms with Crippen LogP contribution in [0.15, 0.2) is 0 Å². The molecule has 26 heavy (non-hydrogen) atoms. The van der Waals surface area contributed by atoms with Gasteiger partial charge in [-0.3, -0.25) is 14.4 Å². The normalized spacial score (nSPS) is 21.5. The van der Waals surface area contributed by atoms with Gasteiger partial charge in [0.25, 0.3) is 5.91 Å². The molecule has 0 radical (unpaired) electrons. The van der Waals surface area contributed by atoms with Crippen LogP contribution in [0.3, 0.4) is 0 Å². The van der Waals surface area contributed by atoms with Crippen LogP contribution in [0.25, 0.3) is 0 Å². The van der Waals surface area contributed by atoms with Gasteiger partial charge < -0.3 is 20.1 Å². The van der Waals surface area contributed by atoms with E-state index in [0.717, 1.165) is 6.92 Å². The number of rotatable bonds is 6. The van der Waals surface area contributed by atoms with Gasteiger partial charge in [-0.05, 0) is 26.7 Å². The summed E-state index contributed by atoms with van der Waals surface area (Å²) in [6.45, 7) is 2.55. The summed E-state index contributed by atoms with van der Waals surface area (Å²) < 4.78 is 16.2. The van der Waals surface area contributed by atoms with Gasteiger partial charge in [0, 0.05) is 13.1 Å². The van der Waals surface area contributed by atoms with E-state index in [4.69, 9.17) is 39.5 Å². The minimum atomic E-state index is -1.85. The second kappa shape index (κ2) is 9.92. The number of amides is 2. The summed E-state index contributed by atoms with van der Waals surface area (Å²) in [5.41, 5.74) is 0. The van der Waals surface area contributed by atoms with Crippen LogP contribution in [0, 0.1) is 5.92 Å². The molecule has 1 fully saturated rings. The monoisotopic (exact) mass is 434 g/mol. The number of halogens is 4. The smallest absolute Gasteiger partial charge is 0.310 e. The Kier molecular flexibility index (Phi) is 8.85. The largest absolute Gasteiger partial charge is 0.461 e. The summed E-state index contributed by atoms with van der Waals surface area (Å²) in [6.07, 6.45) is -2.54. The Bertz CT molecular complexity index is 530. The first kappa shape index (κ1) is 23.2. The number of ether oxygens (including phenoxy) is 1. The predicted octanol–water partition coefficient (Wildman–Crippen LogP) is 1.36. The van der Waals surface area contributed by atoms with Crippen molar-refractivity contribution in [1.82, 2.24) is 10.2 Å². The highest BCUT2D eigenvalue weighted by Crippen LogP contribution is 2.27. The van der Waals surface area contributed by atoms with Crippen LogP contribution in [0.1, 0.15) is 26.7 Å². The molecule has 1 heterocycles. The van der Waals surface area contributed by atoms with Crippen LogP contribution in [-0.4, -0.2) is 69.6 Å². The van der Waals surface area contributed by atoms with E-state index in [-0.39, 0.29) is 6.54 Å². The molecule has 0 spiro atoms. The zero-order valence-electron chi connectivity index (χ0n) is 14.4. The minimum Gasteiger partial charge on any atom is -0.461 e. The molecule has 1 aliphatic heterocycles. The fraction of sp³-hybridized carbons (Fsp3) is 0.800. The SMILES string of the molecule is CC(F)C(O)C(=O)N[C@@H](C)C(=O)N1CCC[C@@H](C(=O)OCC(Cl)(Cl)Cl)C1. The topological polar surface area (TPSA) is 95.9 Å². The van der Waals surface area contributed by atoms with Crippen LogP contribution in [-0.2, 0) is 19.1 Å². The van der Waals surface area contributed by atoms with Gasteiger partial charge >= 0.3 is 5.97 Å². The summed E-state index contributed by atoms with van der Waals surface area (Å²) >= 11 is 16.6. The number of hydrogen-bond acceptors (Lipinski definition) is 5. The van der Waals surface area contributed by atoms with Crippen molar-refractivity contribution >= 4 is 52.6 Å². The Morgan fingerprint density at radius 2 is 1.96 bits per heavy atom. The van der Waals surface area contributed by atoms with Gasteiger partial charge in [0.2, 0.25) is 9.70 Å². The van der Waals surface area contributed by atoms with E-state index >= 15 is 0 Å². The Morgan fingerprint density at radius 3 is 2.50 bits per heavy atom. The van der Waals surface area contributed by atoms with Crippen molar-refractivity contribution in [2.45, 2.75) is 48.8 Å². The third-order valence-corrected chi connectivity index (χ3v) is 4.20. The molecule has 1 saturated heterocycles. The molecule has 11 heteroatoms. The second-order valence-electron chi connectivity index (χ2n) is 6.20. The first-order valence-electron chi connectivity index (χ1n) is 8.07. The lowest BCUT2D eigenvalue weighted by Gasteiger charge is -2.33. The molecule has 2 amide bonds. The number of nitrogens with zero attached hydrogens (tertiary/aromatic N) is 1. The number of piperidine rings is 1. The molecule has 2 unspecified atom stereocenters. The van der Waals surface area contributed by atoms with Gasteiger partial charge in [0.15, 0.2) is 6.10 Å². The van der Waals surface area contributed by atoms with Crippen LogP contribution in [0.4, 0.5) is 4.39 Å². The van der Waals surface area contributed by atoms with Crippen molar-refractivity contribution < 1.29 is 28.6 Å². The first-order chi connectivity index (χ1) is 11.9. The van der Waals surface area contributed by atoms with Crippen molar-refractivity contribution in [1.29, 1.82) is 0 Å². The molecule has 0 aromatic rings. The summed E-state index contributed by atoms with van der Waals surface area (Å²) in [4.78, 5) is 37.5. The molecule has 0 saturated carbocycles. The Labute approximate surface area is 166 Å². The zero-order chi connectivity index (χ0) is 20.1. The summed E-state index contributed by atoms with van der Waals surface area (Å²) in [5, 5.41) is 11.6. The zero-order valence-corrected chi connectivity index (χ0v) is 16.7. The highest BCUT2D eigenvalue weighted by atomic mass is 35.6. The van der Waals surface area contributed by atoms with Crippen molar-refractivity contribution in [3.63, 3.8) is 0 Å². The molecular weight excluding hydrogens is 414 g/mol. The van der Waals surface area contributed by atoms with Crippen LogP contribution < -0.4 is 5.32 Å². The Hall–Kier alpha value is -0.830. The van der Waals surface area contributed by atoms with Gasteiger partial charge in [0.05, 0.1) is 5.92 Å². The van der Waals surface area contributed by atoms with E-state index in [1.807, 2.05) is 0 Å². The lowest BCUT2D eigenvalue weighted by Crippen LogP contribution is -2.53. The quantitative estimate of drug-likeness (QED) is 0.485. The van der Waals surface area contributed by atoms with E-state index in [2.05, 4.69) is 5.32 Å². The highest BCUT2D eigenvalue weighted by molar-refractivity contribution is 6.67. The van der Waals surface area contributed by atoms with Gasteiger partial charge in [0.1, 0.15) is 18.8 Å². The van der Waals surface area contributed by atoms with Crippen LogP contribution >= 0.6 is 34.8 Å². The van der Waals surface area contributed by atoms with E-state index in [0.29, 0.717) is 19.4 Å². The number of aliphatic hydroxyl groups excluding tert-OH is 1. The molecule has 150 valence electrons. The third-order valence-electron chi connectivity index (χ3n) is 3.88. The van der Waals surface area contributed by atoms with Gasteiger partial charge in [-0.25, -0.2) is 4.39 Å². The Balaban J connectivity index is 2.58. The molecule has 2 N–H and O–H groups in total. The highest BCUT2D eigenvalue weighted by Gasteiger charge is 2.34. The number of nitrogens with one attached hydrogen (secondary N) is 1. The standard InChI is InChI=1S/C15H22Cl3FN2O5/c1-8(19)11(22)12(23)20-9(2)13(24)21-5-3-4-10(6-21)14(25)26-7-15(16,17)18/h8-11,22H,3-7H2,1-2H3,(H,20,23)/t8?,9-,10+,11?/m0/s1. The summed E-state index contributed by atoms with van der Waals surface area (Å²) in [7, 11) is 0. The number of carbonyl (C=O) groups excluding carboxylic acids is 3. The van der Waals surface area contributed by atoms with E-state index in [1.54, 1.807) is 0 Å². The maximum absolute atomic E-state index is 13.0. The first-order valence-corrected chi connectivity index (χ1v) is 9.20. The molecule has 4 atom stereocenters. The summed E-state index contributed by atoms with van der Waals surface area (Å²) in [5.74, 6) is -2.57. The molecule has 0 aromatic heterocycles. The molecule has 1 rings (SSSR count). The molecular formula is C15H22Cl3FN2O5. The average Bonchev–Trinajstić information content (AvgIpc) is 2.57. The number of hydrogen-bond donors (Lipinski definition) is 2. The minimum absolute atomic E-state index is 0.0970. The lowest BCUT2D eigenvalue weighted by molar-refractivity contribution is -0.152. The molecule has 0 aromatic carbocycles. The molecule has 0 bridgehead atoms. The average molecular weight is 436 g/mol. The molecule has 0 aliphatic carbocycles. The predicted molar refractivity (Wildman–Crippen MR) is 94.7 cm³/mol. The number of likely N-dealkylation sites (tertiary alicyclic amines) is 1. The number of aliphatic hydroxyl groups is 1. The maximum atomic E-state index is 13.0. The number of esters is 1. The van der Waals surface area contributed by atoms with Gasteiger partial charge in [-0.1, -0.05) is 34.8 Å². The fourth-order valence-electron chi connectivity index (χ4n) is 2.48. The van der Waals surface area contributed by atoms with Crippen molar-refractivity contribution in [2.75, 3.05) is 19.7 Å². The van der Waals surface area contributed by atoms with E-state index in [1.165, 1.54) is 11.8 Å².